The Morgan fingerprint density at radius 3 is 2.96 bits per heavy atom. The standard InChI is InChI=1S/C20H21N5O2S/c1-14-4-6-15(7-5-14)25-13-23-24-18(25)11-22-19(26)17-3-2-9-21-20(17)27-16-8-10-28-12-16/h2-7,9,13,16H,8,10-12H2,1H3,(H,22,26)/t16-/m0/s1. The lowest BCUT2D eigenvalue weighted by molar-refractivity contribution is 0.0942. The zero-order chi connectivity index (χ0) is 19.3. The van der Waals surface area contributed by atoms with Gasteiger partial charge in [0, 0.05) is 17.6 Å². The first-order valence-electron chi connectivity index (χ1n) is 9.14. The molecule has 4 rings (SSSR count). The molecule has 1 aliphatic rings. The van der Waals surface area contributed by atoms with Crippen LogP contribution in [0, 0.1) is 6.92 Å². The molecular formula is C20H21N5O2S. The number of carbonyl (C=O) groups excluding carboxylic acids is 1. The lowest BCUT2D eigenvalue weighted by atomic mass is 10.2. The fourth-order valence-corrected chi connectivity index (χ4v) is 4.07. The van der Waals surface area contributed by atoms with Crippen molar-refractivity contribution in [2.24, 2.45) is 0 Å². The van der Waals surface area contributed by atoms with E-state index < -0.39 is 0 Å². The maximum Gasteiger partial charge on any atom is 0.257 e. The number of carbonyl (C=O) groups is 1. The van der Waals surface area contributed by atoms with Gasteiger partial charge < -0.3 is 10.1 Å². The van der Waals surface area contributed by atoms with E-state index in [-0.39, 0.29) is 18.6 Å². The van der Waals surface area contributed by atoms with Crippen LogP contribution in [0.1, 0.15) is 28.2 Å². The average Bonchev–Trinajstić information content (AvgIpc) is 3.39. The third kappa shape index (κ3) is 4.17. The van der Waals surface area contributed by atoms with Crippen LogP contribution in [0.15, 0.2) is 48.9 Å². The molecule has 0 unspecified atom stereocenters. The summed E-state index contributed by atoms with van der Waals surface area (Å²) in [6, 6.07) is 11.5. The summed E-state index contributed by atoms with van der Waals surface area (Å²) in [5, 5.41) is 11.0. The van der Waals surface area contributed by atoms with E-state index in [1.165, 1.54) is 5.56 Å². The van der Waals surface area contributed by atoms with Crippen molar-refractivity contribution in [2.45, 2.75) is 26.0 Å². The second kappa shape index (κ2) is 8.43. The van der Waals surface area contributed by atoms with E-state index in [0.717, 1.165) is 23.6 Å². The van der Waals surface area contributed by atoms with Crippen LogP contribution in [0.2, 0.25) is 0 Å². The molecule has 0 saturated carbocycles. The molecule has 7 nitrogen and oxygen atoms in total. The number of hydrogen-bond acceptors (Lipinski definition) is 6. The summed E-state index contributed by atoms with van der Waals surface area (Å²) in [5.74, 6) is 2.79. The third-order valence-corrected chi connectivity index (χ3v) is 5.65. The zero-order valence-corrected chi connectivity index (χ0v) is 16.4. The molecule has 28 heavy (non-hydrogen) atoms. The number of amides is 1. The summed E-state index contributed by atoms with van der Waals surface area (Å²) in [7, 11) is 0. The molecule has 0 radical (unpaired) electrons. The molecule has 1 fully saturated rings. The Balaban J connectivity index is 1.46. The van der Waals surface area contributed by atoms with Crippen LogP contribution in [0.3, 0.4) is 0 Å². The summed E-state index contributed by atoms with van der Waals surface area (Å²) in [5.41, 5.74) is 2.56. The third-order valence-electron chi connectivity index (χ3n) is 4.52. The second-order valence-corrected chi connectivity index (χ2v) is 7.74. The number of benzene rings is 1. The molecule has 1 saturated heterocycles. The Hall–Kier alpha value is -2.87. The van der Waals surface area contributed by atoms with Crippen LogP contribution in [-0.2, 0) is 6.54 Å². The smallest absolute Gasteiger partial charge is 0.257 e. The Morgan fingerprint density at radius 1 is 1.32 bits per heavy atom. The van der Waals surface area contributed by atoms with Crippen molar-refractivity contribution < 1.29 is 9.53 Å². The van der Waals surface area contributed by atoms with Crippen molar-refractivity contribution in [1.82, 2.24) is 25.1 Å². The monoisotopic (exact) mass is 395 g/mol. The molecule has 1 aromatic carbocycles. The largest absolute Gasteiger partial charge is 0.473 e. The predicted molar refractivity (Wildman–Crippen MR) is 108 cm³/mol. The van der Waals surface area contributed by atoms with Gasteiger partial charge in [-0.3, -0.25) is 9.36 Å². The van der Waals surface area contributed by atoms with Gasteiger partial charge in [-0.2, -0.15) is 11.8 Å². The first-order valence-corrected chi connectivity index (χ1v) is 10.3. The maximum absolute atomic E-state index is 12.7. The SMILES string of the molecule is Cc1ccc(-n2cnnc2CNC(=O)c2cccnc2O[C@H]2CCSC2)cc1. The molecule has 0 bridgehead atoms. The molecule has 144 valence electrons. The fraction of sp³-hybridized carbons (Fsp3) is 0.300. The lowest BCUT2D eigenvalue weighted by Gasteiger charge is -2.14. The van der Waals surface area contributed by atoms with Crippen LogP contribution >= 0.6 is 11.8 Å². The van der Waals surface area contributed by atoms with E-state index in [9.17, 15) is 4.79 Å². The lowest BCUT2D eigenvalue weighted by Crippen LogP contribution is -2.26. The number of nitrogens with one attached hydrogen (secondary N) is 1. The Kier molecular flexibility index (Phi) is 5.57. The minimum Gasteiger partial charge on any atom is -0.473 e. The molecule has 0 spiro atoms. The number of nitrogens with zero attached hydrogens (tertiary/aromatic N) is 4. The molecule has 3 aromatic rings. The fourth-order valence-electron chi connectivity index (χ4n) is 2.98. The zero-order valence-electron chi connectivity index (χ0n) is 15.5. The van der Waals surface area contributed by atoms with E-state index in [0.29, 0.717) is 17.3 Å². The van der Waals surface area contributed by atoms with Gasteiger partial charge in [0.15, 0.2) is 5.82 Å². The normalized spacial score (nSPS) is 16.1. The molecule has 3 heterocycles. The van der Waals surface area contributed by atoms with Crippen LogP contribution in [0.25, 0.3) is 5.69 Å². The van der Waals surface area contributed by atoms with Crippen molar-refractivity contribution >= 4 is 17.7 Å². The van der Waals surface area contributed by atoms with Crippen molar-refractivity contribution in [1.29, 1.82) is 0 Å². The van der Waals surface area contributed by atoms with Gasteiger partial charge >= 0.3 is 0 Å². The number of hydrogen-bond donors (Lipinski definition) is 1. The first kappa shape index (κ1) is 18.5. The van der Waals surface area contributed by atoms with Gasteiger partial charge in [-0.25, -0.2) is 4.98 Å². The van der Waals surface area contributed by atoms with Crippen molar-refractivity contribution in [3.8, 4) is 11.6 Å². The number of thioether (sulfide) groups is 1. The van der Waals surface area contributed by atoms with Gasteiger partial charge in [-0.1, -0.05) is 17.7 Å². The van der Waals surface area contributed by atoms with Gasteiger partial charge in [0.05, 0.1) is 6.54 Å². The van der Waals surface area contributed by atoms with E-state index >= 15 is 0 Å². The van der Waals surface area contributed by atoms with E-state index in [1.807, 2.05) is 47.5 Å². The quantitative estimate of drug-likeness (QED) is 0.691. The van der Waals surface area contributed by atoms with Crippen LogP contribution in [0.5, 0.6) is 5.88 Å². The molecule has 1 amide bonds. The molecule has 1 atom stereocenters. The van der Waals surface area contributed by atoms with Gasteiger partial charge in [-0.15, -0.1) is 10.2 Å². The van der Waals surface area contributed by atoms with Gasteiger partial charge in [0.25, 0.3) is 5.91 Å². The molecule has 1 N–H and O–H groups in total. The van der Waals surface area contributed by atoms with E-state index in [1.54, 1.807) is 24.7 Å². The molecule has 0 aliphatic carbocycles. The Morgan fingerprint density at radius 2 is 2.18 bits per heavy atom. The number of pyridine rings is 1. The highest BCUT2D eigenvalue weighted by molar-refractivity contribution is 7.99. The highest BCUT2D eigenvalue weighted by atomic mass is 32.2. The number of aromatic nitrogens is 4. The Labute approximate surface area is 167 Å². The van der Waals surface area contributed by atoms with Gasteiger partial charge in [0.2, 0.25) is 5.88 Å². The van der Waals surface area contributed by atoms with Crippen LogP contribution in [0.4, 0.5) is 0 Å². The Bertz CT molecular complexity index is 951. The average molecular weight is 395 g/mol. The van der Waals surface area contributed by atoms with E-state index in [4.69, 9.17) is 4.74 Å². The highest BCUT2D eigenvalue weighted by Gasteiger charge is 2.21. The summed E-state index contributed by atoms with van der Waals surface area (Å²) in [6.07, 6.45) is 4.36. The summed E-state index contributed by atoms with van der Waals surface area (Å²) in [6.45, 7) is 2.29. The molecule has 8 heteroatoms. The van der Waals surface area contributed by atoms with Crippen molar-refractivity contribution in [3.63, 3.8) is 0 Å². The van der Waals surface area contributed by atoms with Gasteiger partial charge in [0.1, 0.15) is 18.0 Å². The minimum atomic E-state index is -0.243. The van der Waals surface area contributed by atoms with Crippen molar-refractivity contribution in [2.75, 3.05) is 11.5 Å². The number of ether oxygens (including phenoxy) is 1. The first-order chi connectivity index (χ1) is 13.7. The second-order valence-electron chi connectivity index (χ2n) is 6.59. The summed E-state index contributed by atoms with van der Waals surface area (Å²) in [4.78, 5) is 17.0. The van der Waals surface area contributed by atoms with Gasteiger partial charge in [-0.05, 0) is 43.4 Å². The molecule has 2 aromatic heterocycles. The molecule has 1 aliphatic heterocycles. The van der Waals surface area contributed by atoms with Crippen LogP contribution < -0.4 is 10.1 Å². The molecular weight excluding hydrogens is 374 g/mol. The van der Waals surface area contributed by atoms with E-state index in [2.05, 4.69) is 20.5 Å². The topological polar surface area (TPSA) is 81.9 Å². The van der Waals surface area contributed by atoms with Crippen LogP contribution in [-0.4, -0.2) is 43.3 Å². The minimum absolute atomic E-state index is 0.107. The van der Waals surface area contributed by atoms with Crippen molar-refractivity contribution in [3.05, 3.63) is 65.9 Å². The summed E-state index contributed by atoms with van der Waals surface area (Å²) < 4.78 is 7.80. The summed E-state index contributed by atoms with van der Waals surface area (Å²) >= 11 is 1.85. The highest BCUT2D eigenvalue weighted by Crippen LogP contribution is 2.24. The maximum atomic E-state index is 12.7. The number of aryl methyl sites for hydroxylation is 1. The predicted octanol–water partition coefficient (Wildman–Crippen LogP) is 2.79. The number of rotatable bonds is 6.